The van der Waals surface area contributed by atoms with Crippen LogP contribution < -0.4 is 11.2 Å². The lowest BCUT2D eigenvalue weighted by Crippen LogP contribution is -2.35. The van der Waals surface area contributed by atoms with Crippen molar-refractivity contribution in [3.63, 3.8) is 0 Å². The normalized spacial score (nSPS) is 11.2. The Labute approximate surface area is 135 Å². The molecule has 0 amide bonds. The van der Waals surface area contributed by atoms with Gasteiger partial charge in [-0.05, 0) is 41.8 Å². The van der Waals surface area contributed by atoms with Crippen molar-refractivity contribution >= 4 is 10.9 Å². The highest BCUT2D eigenvalue weighted by Gasteiger charge is 2.19. The smallest absolute Gasteiger partial charge is 0.294 e. The minimum atomic E-state index is -0.626. The van der Waals surface area contributed by atoms with Crippen LogP contribution in [0.25, 0.3) is 28.0 Å². The molecule has 0 N–H and O–H groups in total. The average Bonchev–Trinajstić information content (AvgIpc) is 2.59. The van der Waals surface area contributed by atoms with Gasteiger partial charge in [-0.15, -0.1) is 0 Å². The van der Waals surface area contributed by atoms with E-state index in [1.54, 1.807) is 22.8 Å². The van der Waals surface area contributed by atoms with E-state index in [-0.39, 0.29) is 11.6 Å². The number of benzene rings is 2. The van der Waals surface area contributed by atoms with Crippen LogP contribution in [0.5, 0.6) is 0 Å². The Bertz CT molecular complexity index is 1160. The molecule has 2 aromatic carbocycles. The summed E-state index contributed by atoms with van der Waals surface area (Å²) in [5.74, 6) is -0.106. The zero-order chi connectivity index (χ0) is 16.8. The molecule has 2 aliphatic heterocycles. The lowest BCUT2D eigenvalue weighted by atomic mass is 10.1. The number of fused-ring (bicyclic) bond motifs is 2. The van der Waals surface area contributed by atoms with Gasteiger partial charge in [0.1, 0.15) is 5.82 Å². The minimum Gasteiger partial charge on any atom is -0.294 e. The van der Waals surface area contributed by atoms with Crippen LogP contribution in [0.4, 0.5) is 4.39 Å². The van der Waals surface area contributed by atoms with E-state index in [4.69, 9.17) is 0 Å². The summed E-state index contributed by atoms with van der Waals surface area (Å²) in [6.07, 6.45) is 0. The van der Waals surface area contributed by atoms with Crippen LogP contribution in [0.2, 0.25) is 0 Å². The van der Waals surface area contributed by atoms with E-state index in [0.29, 0.717) is 11.3 Å². The Morgan fingerprint density at radius 2 is 1.71 bits per heavy atom. The number of aromatic nitrogens is 3. The number of para-hydroxylation sites is 1. The van der Waals surface area contributed by atoms with E-state index in [1.807, 2.05) is 24.3 Å². The second kappa shape index (κ2) is 5.13. The molecule has 6 heteroatoms. The van der Waals surface area contributed by atoms with E-state index in [1.165, 1.54) is 19.2 Å². The largest absolute Gasteiger partial charge is 0.352 e. The van der Waals surface area contributed by atoms with Crippen molar-refractivity contribution in [2.45, 2.75) is 0 Å². The molecule has 24 heavy (non-hydrogen) atoms. The molecule has 0 bridgehead atoms. The van der Waals surface area contributed by atoms with Gasteiger partial charge in [0, 0.05) is 12.7 Å². The summed E-state index contributed by atoms with van der Waals surface area (Å²) >= 11 is 0. The highest BCUT2D eigenvalue weighted by molar-refractivity contribution is 5.87. The number of nitrogens with zero attached hydrogens (tertiary/aromatic N) is 3. The molecular weight excluding hydrogens is 309 g/mol. The van der Waals surface area contributed by atoms with Crippen LogP contribution in [0.3, 0.4) is 0 Å². The predicted octanol–water partition coefficient (Wildman–Crippen LogP) is 2.33. The zero-order valence-corrected chi connectivity index (χ0v) is 12.7. The molecule has 2 aromatic rings. The van der Waals surface area contributed by atoms with Crippen molar-refractivity contribution in [2.24, 2.45) is 7.05 Å². The van der Waals surface area contributed by atoms with Gasteiger partial charge in [0.15, 0.2) is 5.82 Å². The van der Waals surface area contributed by atoms with E-state index in [2.05, 4.69) is 4.98 Å². The molecule has 0 aromatic heterocycles. The van der Waals surface area contributed by atoms with Gasteiger partial charge in [-0.25, -0.2) is 9.18 Å². The second-order valence-corrected chi connectivity index (χ2v) is 5.51. The quantitative estimate of drug-likeness (QED) is 0.506. The third-order valence-electron chi connectivity index (χ3n) is 4.04. The maximum atomic E-state index is 13.3. The Morgan fingerprint density at radius 1 is 1.00 bits per heavy atom. The number of hydrogen-bond acceptors (Lipinski definition) is 3. The predicted molar refractivity (Wildman–Crippen MR) is 89.2 cm³/mol. The van der Waals surface area contributed by atoms with Gasteiger partial charge < -0.3 is 0 Å². The molecule has 2 aliphatic rings. The molecule has 0 fully saturated rings. The van der Waals surface area contributed by atoms with Crippen LogP contribution in [0.1, 0.15) is 0 Å². The van der Waals surface area contributed by atoms with Crippen molar-refractivity contribution < 1.29 is 4.39 Å². The molecule has 0 saturated carbocycles. The summed E-state index contributed by atoms with van der Waals surface area (Å²) in [5.41, 5.74) is 0.695. The number of hydrogen-bond donors (Lipinski definition) is 0. The fourth-order valence-corrected chi connectivity index (χ4v) is 2.82. The maximum absolute atomic E-state index is 13.3. The van der Waals surface area contributed by atoms with E-state index >= 15 is 0 Å². The summed E-state index contributed by atoms with van der Waals surface area (Å²) in [7, 11) is 1.40. The van der Waals surface area contributed by atoms with Crippen molar-refractivity contribution in [3.05, 3.63) is 81.3 Å². The first-order valence-corrected chi connectivity index (χ1v) is 7.34. The van der Waals surface area contributed by atoms with Gasteiger partial charge >= 0.3 is 5.69 Å². The fraction of sp³-hybridized carbons (Fsp3) is 0.0556. The molecule has 0 spiro atoms. The highest BCUT2D eigenvalue weighted by Crippen LogP contribution is 2.27. The number of pyridine rings is 1. The minimum absolute atomic E-state index is 0.258. The monoisotopic (exact) mass is 321 g/mol. The van der Waals surface area contributed by atoms with Gasteiger partial charge in [-0.2, -0.15) is 4.98 Å². The highest BCUT2D eigenvalue weighted by atomic mass is 19.1. The molecule has 118 valence electrons. The second-order valence-electron chi connectivity index (χ2n) is 5.51. The van der Waals surface area contributed by atoms with Crippen LogP contribution in [-0.2, 0) is 7.05 Å². The van der Waals surface area contributed by atoms with Crippen molar-refractivity contribution in [1.29, 1.82) is 0 Å². The summed E-state index contributed by atoms with van der Waals surface area (Å²) in [4.78, 5) is 28.5. The third kappa shape index (κ3) is 2.04. The molecule has 0 radical (unpaired) electrons. The molecule has 4 rings (SSSR count). The van der Waals surface area contributed by atoms with Crippen molar-refractivity contribution in [2.75, 3.05) is 0 Å². The fourth-order valence-electron chi connectivity index (χ4n) is 2.82. The number of halogens is 1. The van der Waals surface area contributed by atoms with E-state index < -0.39 is 11.2 Å². The molecule has 0 atom stereocenters. The molecule has 0 saturated heterocycles. The van der Waals surface area contributed by atoms with Crippen LogP contribution >= 0.6 is 0 Å². The summed E-state index contributed by atoms with van der Waals surface area (Å²) in [5, 5.41) is 0.826. The van der Waals surface area contributed by atoms with Crippen LogP contribution in [0.15, 0.2) is 64.2 Å². The Kier molecular flexibility index (Phi) is 3.06. The molecule has 0 aliphatic carbocycles. The molecular formula is C18H12FN3O2. The topological polar surface area (TPSA) is 56.9 Å². The standard InChI is InChI=1S/C18H12FN3O2/c1-21-17(23)14-10-11-4-2-3-5-15(11)22(16(14)20-18(21)24)13-8-6-12(19)7-9-13/h2-10H,1H3. The third-order valence-corrected chi connectivity index (χ3v) is 4.04. The molecule has 0 unspecified atom stereocenters. The lowest BCUT2D eigenvalue weighted by Gasteiger charge is -2.18. The van der Waals surface area contributed by atoms with Gasteiger partial charge in [0.2, 0.25) is 0 Å². The average molecular weight is 321 g/mol. The van der Waals surface area contributed by atoms with Crippen molar-refractivity contribution in [1.82, 2.24) is 14.1 Å². The molecule has 5 nitrogen and oxygen atoms in total. The van der Waals surface area contributed by atoms with E-state index in [0.717, 1.165) is 15.5 Å². The SMILES string of the molecule is Cn1c(=O)nc2n(-c3ccc(F)cc3)c3ccccc3cc-2c1=O. The van der Waals surface area contributed by atoms with Crippen LogP contribution in [-0.4, -0.2) is 14.1 Å². The first kappa shape index (κ1) is 14.3. The Hall–Kier alpha value is -3.28. The Balaban J connectivity index is 2.25. The Morgan fingerprint density at radius 3 is 2.46 bits per heavy atom. The van der Waals surface area contributed by atoms with Gasteiger partial charge in [-0.1, -0.05) is 18.2 Å². The first-order valence-electron chi connectivity index (χ1n) is 7.34. The van der Waals surface area contributed by atoms with E-state index in [9.17, 15) is 14.0 Å². The maximum Gasteiger partial charge on any atom is 0.352 e. The van der Waals surface area contributed by atoms with Gasteiger partial charge in [0.05, 0.1) is 11.1 Å². The van der Waals surface area contributed by atoms with Crippen molar-refractivity contribution in [3.8, 4) is 17.1 Å². The van der Waals surface area contributed by atoms with Gasteiger partial charge in [-0.3, -0.25) is 13.9 Å². The zero-order valence-electron chi connectivity index (χ0n) is 12.7. The van der Waals surface area contributed by atoms with Crippen LogP contribution in [0, 0.1) is 5.82 Å². The lowest BCUT2D eigenvalue weighted by molar-refractivity contribution is 0.627. The van der Waals surface area contributed by atoms with Gasteiger partial charge in [0.25, 0.3) is 5.56 Å². The first-order chi connectivity index (χ1) is 11.6. The molecule has 2 heterocycles. The number of rotatable bonds is 1. The summed E-state index contributed by atoms with van der Waals surface area (Å²) in [6.45, 7) is 0. The summed E-state index contributed by atoms with van der Waals surface area (Å²) < 4.78 is 16.0. The summed E-state index contributed by atoms with van der Waals surface area (Å²) in [6, 6.07) is 15.0.